The quantitative estimate of drug-likeness (QED) is 0.817. The summed E-state index contributed by atoms with van der Waals surface area (Å²) in [4.78, 5) is 2.40. The first-order chi connectivity index (χ1) is 7.57. The van der Waals surface area contributed by atoms with Gasteiger partial charge in [0.05, 0.1) is 5.54 Å². The van der Waals surface area contributed by atoms with E-state index in [1.807, 2.05) is 0 Å². The Hall–Kier alpha value is -0.860. The Morgan fingerprint density at radius 1 is 1.31 bits per heavy atom. The summed E-state index contributed by atoms with van der Waals surface area (Å²) in [5, 5.41) is 3.55. The summed E-state index contributed by atoms with van der Waals surface area (Å²) >= 11 is 0. The molecule has 0 aromatic heterocycles. The van der Waals surface area contributed by atoms with Crippen LogP contribution in [0, 0.1) is 13.8 Å². The lowest BCUT2D eigenvalue weighted by Crippen LogP contribution is -2.42. The van der Waals surface area contributed by atoms with Crippen LogP contribution in [0.25, 0.3) is 0 Å². The molecule has 1 fully saturated rings. The van der Waals surface area contributed by atoms with Crippen molar-refractivity contribution in [1.82, 2.24) is 10.2 Å². The van der Waals surface area contributed by atoms with Crippen LogP contribution >= 0.6 is 0 Å². The average molecular weight is 218 g/mol. The van der Waals surface area contributed by atoms with Gasteiger partial charge < -0.3 is 10.2 Å². The molecule has 1 saturated heterocycles. The molecule has 1 aromatic carbocycles. The minimum absolute atomic E-state index is 0.158. The molecule has 1 N–H and O–H groups in total. The van der Waals surface area contributed by atoms with Crippen molar-refractivity contribution >= 4 is 0 Å². The van der Waals surface area contributed by atoms with Crippen LogP contribution in [0.3, 0.4) is 0 Å². The molecule has 1 aliphatic heterocycles. The predicted octanol–water partition coefficient (Wildman–Crippen LogP) is 2.05. The van der Waals surface area contributed by atoms with Crippen LogP contribution in [-0.2, 0) is 5.54 Å². The molecule has 0 bridgehead atoms. The second kappa shape index (κ2) is 4.19. The fraction of sp³-hybridized carbons (Fsp3) is 0.571. The van der Waals surface area contributed by atoms with Gasteiger partial charge in [0, 0.05) is 13.1 Å². The molecule has 1 aliphatic rings. The van der Waals surface area contributed by atoms with Crippen LogP contribution in [0.2, 0.25) is 0 Å². The van der Waals surface area contributed by atoms with Gasteiger partial charge >= 0.3 is 0 Å². The van der Waals surface area contributed by atoms with E-state index in [-0.39, 0.29) is 5.54 Å². The first-order valence-electron chi connectivity index (χ1n) is 6.02. The van der Waals surface area contributed by atoms with Crippen molar-refractivity contribution in [2.75, 3.05) is 27.2 Å². The highest BCUT2D eigenvalue weighted by atomic mass is 15.2. The minimum Gasteiger partial charge on any atom is -0.309 e. The lowest BCUT2D eigenvalue weighted by Gasteiger charge is -2.31. The first-order valence-corrected chi connectivity index (χ1v) is 6.02. The highest BCUT2D eigenvalue weighted by molar-refractivity contribution is 5.37. The Labute approximate surface area is 98.7 Å². The van der Waals surface area contributed by atoms with Gasteiger partial charge in [-0.1, -0.05) is 23.8 Å². The van der Waals surface area contributed by atoms with Crippen molar-refractivity contribution in [2.45, 2.75) is 25.8 Å². The van der Waals surface area contributed by atoms with E-state index in [1.165, 1.54) is 29.7 Å². The smallest absolute Gasteiger partial charge is 0.0575 e. The van der Waals surface area contributed by atoms with Crippen LogP contribution in [0.4, 0.5) is 0 Å². The molecule has 1 unspecified atom stereocenters. The van der Waals surface area contributed by atoms with Crippen molar-refractivity contribution in [3.05, 3.63) is 34.9 Å². The number of nitrogens with zero attached hydrogens (tertiary/aromatic N) is 1. The second-order valence-corrected chi connectivity index (χ2v) is 5.14. The molecule has 0 saturated carbocycles. The number of hydrogen-bond donors (Lipinski definition) is 1. The van der Waals surface area contributed by atoms with Crippen LogP contribution in [-0.4, -0.2) is 32.1 Å². The third-order valence-corrected chi connectivity index (χ3v) is 3.85. The number of likely N-dealkylation sites (tertiary alicyclic amines) is 1. The molecule has 0 spiro atoms. The SMILES string of the molecule is CNC1(c2cc(C)ccc2C)CCN(C)C1. The summed E-state index contributed by atoms with van der Waals surface area (Å²) in [5.41, 5.74) is 4.38. The van der Waals surface area contributed by atoms with Crippen LogP contribution in [0.15, 0.2) is 18.2 Å². The Morgan fingerprint density at radius 3 is 2.62 bits per heavy atom. The van der Waals surface area contributed by atoms with Gasteiger partial charge in [-0.15, -0.1) is 0 Å². The number of hydrogen-bond acceptors (Lipinski definition) is 2. The highest BCUT2D eigenvalue weighted by Crippen LogP contribution is 2.33. The van der Waals surface area contributed by atoms with Crippen molar-refractivity contribution in [3.8, 4) is 0 Å². The van der Waals surface area contributed by atoms with Crippen LogP contribution in [0.1, 0.15) is 23.1 Å². The Kier molecular flexibility index (Phi) is 3.04. The van der Waals surface area contributed by atoms with E-state index in [9.17, 15) is 0 Å². The number of aryl methyl sites for hydroxylation is 2. The van der Waals surface area contributed by atoms with E-state index >= 15 is 0 Å². The summed E-state index contributed by atoms with van der Waals surface area (Å²) in [6, 6.07) is 6.77. The Morgan fingerprint density at radius 2 is 2.06 bits per heavy atom. The molecular formula is C14H22N2. The zero-order valence-corrected chi connectivity index (χ0v) is 10.8. The van der Waals surface area contributed by atoms with Crippen molar-refractivity contribution < 1.29 is 0 Å². The third kappa shape index (κ3) is 1.87. The molecule has 88 valence electrons. The lowest BCUT2D eigenvalue weighted by molar-refractivity contribution is 0.333. The maximum Gasteiger partial charge on any atom is 0.0575 e. The predicted molar refractivity (Wildman–Crippen MR) is 68.8 cm³/mol. The Balaban J connectivity index is 2.44. The highest BCUT2D eigenvalue weighted by Gasteiger charge is 2.37. The zero-order valence-electron chi connectivity index (χ0n) is 10.8. The van der Waals surface area contributed by atoms with Gasteiger partial charge in [0.2, 0.25) is 0 Å². The van der Waals surface area contributed by atoms with E-state index in [0.29, 0.717) is 0 Å². The summed E-state index contributed by atoms with van der Waals surface area (Å²) in [6.45, 7) is 6.67. The number of likely N-dealkylation sites (N-methyl/N-ethyl adjacent to an activating group) is 2. The van der Waals surface area contributed by atoms with E-state index in [1.54, 1.807) is 0 Å². The second-order valence-electron chi connectivity index (χ2n) is 5.14. The van der Waals surface area contributed by atoms with Gasteiger partial charge in [0.1, 0.15) is 0 Å². The fourth-order valence-electron chi connectivity index (χ4n) is 2.81. The van der Waals surface area contributed by atoms with E-state index in [0.717, 1.165) is 6.54 Å². The maximum absolute atomic E-state index is 3.55. The molecule has 16 heavy (non-hydrogen) atoms. The Bertz CT molecular complexity index is 386. The van der Waals surface area contributed by atoms with E-state index in [4.69, 9.17) is 0 Å². The summed E-state index contributed by atoms with van der Waals surface area (Å²) in [7, 11) is 4.28. The van der Waals surface area contributed by atoms with Gasteiger partial charge in [0.25, 0.3) is 0 Å². The lowest BCUT2D eigenvalue weighted by atomic mass is 9.85. The van der Waals surface area contributed by atoms with Gasteiger partial charge in [-0.3, -0.25) is 0 Å². The molecule has 0 radical (unpaired) electrons. The number of rotatable bonds is 2. The zero-order chi connectivity index (χ0) is 11.8. The normalized spacial score (nSPS) is 26.2. The fourth-order valence-corrected chi connectivity index (χ4v) is 2.81. The molecule has 2 heteroatoms. The molecule has 2 rings (SSSR count). The van der Waals surface area contributed by atoms with Crippen molar-refractivity contribution in [2.24, 2.45) is 0 Å². The molecular weight excluding hydrogens is 196 g/mol. The summed E-state index contributed by atoms with van der Waals surface area (Å²) < 4.78 is 0. The molecule has 1 atom stereocenters. The van der Waals surface area contributed by atoms with Gasteiger partial charge in [0.15, 0.2) is 0 Å². The van der Waals surface area contributed by atoms with Gasteiger partial charge in [-0.2, -0.15) is 0 Å². The summed E-state index contributed by atoms with van der Waals surface area (Å²) in [5.74, 6) is 0. The first kappa shape index (κ1) is 11.6. The minimum atomic E-state index is 0.158. The van der Waals surface area contributed by atoms with E-state index < -0.39 is 0 Å². The number of nitrogens with one attached hydrogen (secondary N) is 1. The van der Waals surface area contributed by atoms with Crippen molar-refractivity contribution in [3.63, 3.8) is 0 Å². The molecule has 0 aliphatic carbocycles. The van der Waals surface area contributed by atoms with Crippen molar-refractivity contribution in [1.29, 1.82) is 0 Å². The average Bonchev–Trinajstić information content (AvgIpc) is 2.65. The standard InChI is InChI=1S/C14H22N2/c1-11-5-6-12(2)13(9-11)14(15-3)7-8-16(4)10-14/h5-6,9,15H,7-8,10H2,1-4H3. The van der Waals surface area contributed by atoms with Gasteiger partial charge in [-0.05, 0) is 45.5 Å². The monoisotopic (exact) mass is 218 g/mol. The number of benzene rings is 1. The molecule has 0 amide bonds. The largest absolute Gasteiger partial charge is 0.309 e. The molecule has 1 heterocycles. The maximum atomic E-state index is 3.55. The topological polar surface area (TPSA) is 15.3 Å². The van der Waals surface area contributed by atoms with E-state index in [2.05, 4.69) is 56.4 Å². The van der Waals surface area contributed by atoms with Crippen LogP contribution < -0.4 is 5.32 Å². The molecule has 1 aromatic rings. The molecule has 2 nitrogen and oxygen atoms in total. The van der Waals surface area contributed by atoms with Gasteiger partial charge in [-0.25, -0.2) is 0 Å². The third-order valence-electron chi connectivity index (χ3n) is 3.85. The van der Waals surface area contributed by atoms with Crippen LogP contribution in [0.5, 0.6) is 0 Å². The summed E-state index contributed by atoms with van der Waals surface area (Å²) in [6.07, 6.45) is 1.20.